The molecule has 0 fully saturated rings. The lowest BCUT2D eigenvalue weighted by atomic mass is 10.0. The summed E-state index contributed by atoms with van der Waals surface area (Å²) >= 11 is 0. The number of ether oxygens (including phenoxy) is 1. The van der Waals surface area contributed by atoms with Crippen LogP contribution in [0.1, 0.15) is 19.5 Å². The zero-order valence-electron chi connectivity index (χ0n) is 10.2. The molecule has 0 aromatic carbocycles. The summed E-state index contributed by atoms with van der Waals surface area (Å²) in [7, 11) is 0. The molecule has 2 rings (SSSR count). The van der Waals surface area contributed by atoms with Crippen molar-refractivity contribution in [2.75, 3.05) is 6.61 Å². The Morgan fingerprint density at radius 1 is 1.06 bits per heavy atom. The van der Waals surface area contributed by atoms with Crippen molar-refractivity contribution in [2.45, 2.75) is 20.3 Å². The lowest BCUT2D eigenvalue weighted by Gasteiger charge is -2.09. The van der Waals surface area contributed by atoms with Gasteiger partial charge in [-0.1, -0.05) is 6.92 Å². The molecule has 0 bridgehead atoms. The SMILES string of the molecule is CCOc1ccc(-c2ccncc2)c(CC)n1. The van der Waals surface area contributed by atoms with Gasteiger partial charge in [0.2, 0.25) is 5.88 Å². The topological polar surface area (TPSA) is 35.0 Å². The minimum Gasteiger partial charge on any atom is -0.478 e. The quantitative estimate of drug-likeness (QED) is 0.806. The standard InChI is InChI=1S/C14H16N2O/c1-3-13-12(11-7-9-15-10-8-11)5-6-14(16-13)17-4-2/h5-10H,3-4H2,1-2H3. The highest BCUT2D eigenvalue weighted by molar-refractivity contribution is 5.65. The average Bonchev–Trinajstić information content (AvgIpc) is 2.40. The molecular formula is C14H16N2O. The second-order valence-electron chi connectivity index (χ2n) is 3.67. The van der Waals surface area contributed by atoms with Gasteiger partial charge in [-0.3, -0.25) is 4.98 Å². The first-order valence-corrected chi connectivity index (χ1v) is 5.88. The van der Waals surface area contributed by atoms with E-state index in [1.807, 2.05) is 25.1 Å². The molecule has 2 aromatic rings. The van der Waals surface area contributed by atoms with Gasteiger partial charge in [-0.05, 0) is 37.1 Å². The summed E-state index contributed by atoms with van der Waals surface area (Å²) in [5, 5.41) is 0. The van der Waals surface area contributed by atoms with E-state index in [4.69, 9.17) is 4.74 Å². The van der Waals surface area contributed by atoms with Crippen LogP contribution in [0.25, 0.3) is 11.1 Å². The van der Waals surface area contributed by atoms with Gasteiger partial charge in [-0.2, -0.15) is 0 Å². The highest BCUT2D eigenvalue weighted by atomic mass is 16.5. The predicted molar refractivity (Wildman–Crippen MR) is 68.0 cm³/mol. The van der Waals surface area contributed by atoms with Crippen molar-refractivity contribution in [3.8, 4) is 17.0 Å². The lowest BCUT2D eigenvalue weighted by Crippen LogP contribution is -1.98. The van der Waals surface area contributed by atoms with Crippen LogP contribution in [0.5, 0.6) is 5.88 Å². The van der Waals surface area contributed by atoms with Crippen LogP contribution >= 0.6 is 0 Å². The second-order valence-corrected chi connectivity index (χ2v) is 3.67. The third kappa shape index (κ3) is 2.61. The van der Waals surface area contributed by atoms with Crippen molar-refractivity contribution < 1.29 is 4.74 Å². The van der Waals surface area contributed by atoms with Crippen LogP contribution < -0.4 is 4.74 Å². The minimum atomic E-state index is 0.644. The number of aryl methyl sites for hydroxylation is 1. The first kappa shape index (κ1) is 11.6. The van der Waals surface area contributed by atoms with E-state index in [9.17, 15) is 0 Å². The van der Waals surface area contributed by atoms with Crippen LogP contribution in [0.2, 0.25) is 0 Å². The summed E-state index contributed by atoms with van der Waals surface area (Å²) in [6.45, 7) is 4.71. The molecule has 17 heavy (non-hydrogen) atoms. The van der Waals surface area contributed by atoms with E-state index >= 15 is 0 Å². The average molecular weight is 228 g/mol. The number of hydrogen-bond donors (Lipinski definition) is 0. The maximum atomic E-state index is 5.42. The first-order chi connectivity index (χ1) is 8.35. The molecule has 0 N–H and O–H groups in total. The predicted octanol–water partition coefficient (Wildman–Crippen LogP) is 3.10. The zero-order chi connectivity index (χ0) is 12.1. The number of hydrogen-bond acceptors (Lipinski definition) is 3. The van der Waals surface area contributed by atoms with Crippen LogP contribution in [0, 0.1) is 0 Å². The van der Waals surface area contributed by atoms with Crippen LogP contribution in [0.3, 0.4) is 0 Å². The van der Waals surface area contributed by atoms with Crippen LogP contribution in [0.15, 0.2) is 36.7 Å². The summed E-state index contributed by atoms with van der Waals surface area (Å²) in [4.78, 5) is 8.54. The molecule has 0 atom stereocenters. The Bertz CT molecular complexity index is 483. The Balaban J connectivity index is 2.41. The fourth-order valence-electron chi connectivity index (χ4n) is 1.77. The molecule has 0 amide bonds. The van der Waals surface area contributed by atoms with E-state index < -0.39 is 0 Å². The molecular weight excluding hydrogens is 212 g/mol. The number of pyridine rings is 2. The molecule has 2 heterocycles. The van der Waals surface area contributed by atoms with Gasteiger partial charge in [0, 0.05) is 24.0 Å². The molecule has 0 aliphatic heterocycles. The largest absolute Gasteiger partial charge is 0.478 e. The lowest BCUT2D eigenvalue weighted by molar-refractivity contribution is 0.326. The molecule has 3 heteroatoms. The van der Waals surface area contributed by atoms with Crippen molar-refractivity contribution in [2.24, 2.45) is 0 Å². The van der Waals surface area contributed by atoms with E-state index in [1.165, 1.54) is 0 Å². The van der Waals surface area contributed by atoms with Gasteiger partial charge in [-0.25, -0.2) is 4.98 Å². The van der Waals surface area contributed by atoms with Crippen molar-refractivity contribution >= 4 is 0 Å². The summed E-state index contributed by atoms with van der Waals surface area (Å²) in [5.74, 6) is 0.696. The van der Waals surface area contributed by atoms with E-state index in [0.717, 1.165) is 23.2 Å². The smallest absolute Gasteiger partial charge is 0.213 e. The highest BCUT2D eigenvalue weighted by Crippen LogP contribution is 2.24. The van der Waals surface area contributed by atoms with E-state index in [2.05, 4.69) is 23.0 Å². The third-order valence-corrected chi connectivity index (χ3v) is 2.57. The van der Waals surface area contributed by atoms with Crippen molar-refractivity contribution in [3.05, 3.63) is 42.4 Å². The molecule has 0 spiro atoms. The molecule has 0 aliphatic carbocycles. The summed E-state index contributed by atoms with van der Waals surface area (Å²) in [6.07, 6.45) is 4.48. The third-order valence-electron chi connectivity index (χ3n) is 2.57. The van der Waals surface area contributed by atoms with Gasteiger partial charge in [0.1, 0.15) is 0 Å². The maximum absolute atomic E-state index is 5.42. The minimum absolute atomic E-state index is 0.644. The summed E-state index contributed by atoms with van der Waals surface area (Å²) in [6, 6.07) is 7.97. The highest BCUT2D eigenvalue weighted by Gasteiger charge is 2.06. The Morgan fingerprint density at radius 3 is 2.47 bits per heavy atom. The van der Waals surface area contributed by atoms with Crippen molar-refractivity contribution in [3.63, 3.8) is 0 Å². The van der Waals surface area contributed by atoms with Gasteiger partial charge in [0.25, 0.3) is 0 Å². The zero-order valence-corrected chi connectivity index (χ0v) is 10.2. The molecule has 3 nitrogen and oxygen atoms in total. The van der Waals surface area contributed by atoms with Crippen LogP contribution in [0.4, 0.5) is 0 Å². The molecule has 0 aliphatic rings. The van der Waals surface area contributed by atoms with Gasteiger partial charge < -0.3 is 4.74 Å². The first-order valence-electron chi connectivity index (χ1n) is 5.88. The van der Waals surface area contributed by atoms with Gasteiger partial charge in [0.05, 0.1) is 12.3 Å². The van der Waals surface area contributed by atoms with Gasteiger partial charge in [-0.15, -0.1) is 0 Å². The molecule has 88 valence electrons. The Morgan fingerprint density at radius 2 is 1.82 bits per heavy atom. The Labute approximate surface area is 102 Å². The van der Waals surface area contributed by atoms with E-state index in [1.54, 1.807) is 12.4 Å². The van der Waals surface area contributed by atoms with Gasteiger partial charge >= 0.3 is 0 Å². The number of aromatic nitrogens is 2. The second kappa shape index (κ2) is 5.43. The molecule has 0 unspecified atom stereocenters. The van der Waals surface area contributed by atoms with Crippen molar-refractivity contribution in [1.82, 2.24) is 9.97 Å². The molecule has 2 aromatic heterocycles. The number of rotatable bonds is 4. The van der Waals surface area contributed by atoms with Crippen molar-refractivity contribution in [1.29, 1.82) is 0 Å². The molecule has 0 saturated heterocycles. The fraction of sp³-hybridized carbons (Fsp3) is 0.286. The van der Waals surface area contributed by atoms with E-state index in [0.29, 0.717) is 12.5 Å². The molecule has 0 saturated carbocycles. The normalized spacial score (nSPS) is 10.2. The van der Waals surface area contributed by atoms with Crippen LogP contribution in [-0.2, 0) is 6.42 Å². The maximum Gasteiger partial charge on any atom is 0.213 e. The monoisotopic (exact) mass is 228 g/mol. The van der Waals surface area contributed by atoms with E-state index in [-0.39, 0.29) is 0 Å². The Hall–Kier alpha value is -1.90. The Kier molecular flexibility index (Phi) is 3.70. The summed E-state index contributed by atoms with van der Waals surface area (Å²) in [5.41, 5.74) is 3.35. The molecule has 0 radical (unpaired) electrons. The fourth-order valence-corrected chi connectivity index (χ4v) is 1.77. The number of nitrogens with zero attached hydrogens (tertiary/aromatic N) is 2. The summed E-state index contributed by atoms with van der Waals surface area (Å²) < 4.78 is 5.42. The van der Waals surface area contributed by atoms with Crippen LogP contribution in [-0.4, -0.2) is 16.6 Å². The van der Waals surface area contributed by atoms with Gasteiger partial charge in [0.15, 0.2) is 0 Å².